The Kier molecular flexibility index (Phi) is 21.3. The minimum atomic E-state index is 0. The molecule has 0 aliphatic carbocycles. The van der Waals surface area contributed by atoms with Crippen LogP contribution in [0.1, 0.15) is 11.1 Å². The molecule has 0 radical (unpaired) electrons. The van der Waals surface area contributed by atoms with Gasteiger partial charge in [-0.1, -0.05) is 0 Å². The molecule has 0 unspecified atom stereocenters. The summed E-state index contributed by atoms with van der Waals surface area (Å²) in [6.45, 7) is 12.7. The van der Waals surface area contributed by atoms with Crippen LogP contribution in [0.25, 0.3) is 0 Å². The quantitative estimate of drug-likeness (QED) is 0.418. The van der Waals surface area contributed by atoms with Gasteiger partial charge in [0, 0.05) is 5.56 Å². The molecule has 0 aromatic heterocycles. The Morgan fingerprint density at radius 3 is 1.68 bits per heavy atom. The summed E-state index contributed by atoms with van der Waals surface area (Å²) in [7, 11) is 0. The van der Waals surface area contributed by atoms with E-state index in [0.717, 1.165) is 5.56 Å². The van der Waals surface area contributed by atoms with E-state index in [-0.39, 0.29) is 17.1 Å². The minimum Gasteiger partial charge on any atom is -0.214 e. The molecule has 0 heterocycles. The monoisotopic (exact) mass is 293 g/mol. The van der Waals surface area contributed by atoms with Crippen molar-refractivity contribution in [2.45, 2.75) is 0 Å². The largest absolute Gasteiger partial charge is 2.00 e. The molecule has 0 fully saturated rings. The van der Waals surface area contributed by atoms with E-state index in [0.29, 0.717) is 5.56 Å². The van der Waals surface area contributed by atoms with Crippen molar-refractivity contribution in [2.75, 3.05) is 0 Å². The van der Waals surface area contributed by atoms with Crippen LogP contribution >= 0.6 is 0 Å². The van der Waals surface area contributed by atoms with Gasteiger partial charge in [0.2, 0.25) is 0 Å². The van der Waals surface area contributed by atoms with Crippen molar-refractivity contribution >= 4 is 0 Å². The molecular formula is C15H11FeNO2. The third-order valence-corrected chi connectivity index (χ3v) is 1.64. The van der Waals surface area contributed by atoms with Crippen LogP contribution < -0.4 is 0 Å². The van der Waals surface area contributed by atoms with Crippen LogP contribution in [0.15, 0.2) is 54.6 Å². The summed E-state index contributed by atoms with van der Waals surface area (Å²) in [5.41, 5.74) is 1.62. The fraction of sp³-hybridized carbons (Fsp3) is 0. The van der Waals surface area contributed by atoms with Crippen molar-refractivity contribution in [3.05, 3.63) is 85.9 Å². The second-order valence-corrected chi connectivity index (χ2v) is 2.77. The molecule has 0 bridgehead atoms. The van der Waals surface area contributed by atoms with Crippen molar-refractivity contribution in [3.8, 4) is 6.07 Å². The van der Waals surface area contributed by atoms with Crippen LogP contribution in [0.3, 0.4) is 0 Å². The molecule has 0 saturated heterocycles. The van der Waals surface area contributed by atoms with Crippen molar-refractivity contribution in [2.24, 2.45) is 0 Å². The van der Waals surface area contributed by atoms with E-state index in [9.17, 15) is 0 Å². The summed E-state index contributed by atoms with van der Waals surface area (Å²) < 4.78 is 15.0. The van der Waals surface area contributed by atoms with E-state index in [4.69, 9.17) is 14.6 Å². The molecule has 0 spiro atoms. The zero-order valence-corrected chi connectivity index (χ0v) is 11.1. The number of nitriles is 1. The normalized spacial score (nSPS) is 6.26. The fourth-order valence-corrected chi connectivity index (χ4v) is 0.900. The summed E-state index contributed by atoms with van der Waals surface area (Å²) in [6.07, 6.45) is 0. The summed E-state index contributed by atoms with van der Waals surface area (Å²) in [6, 6.07) is 19.2. The minimum absolute atomic E-state index is 0. The Hall–Kier alpha value is -2.07. The molecule has 0 aliphatic rings. The Labute approximate surface area is 124 Å². The number of hydrogen-bond acceptors (Lipinski definition) is 1. The van der Waals surface area contributed by atoms with Gasteiger partial charge in [-0.15, -0.1) is 12.1 Å². The number of rotatable bonds is 0. The van der Waals surface area contributed by atoms with E-state index in [1.54, 1.807) is 12.1 Å². The Balaban J connectivity index is -0.000000220. The van der Waals surface area contributed by atoms with E-state index >= 15 is 0 Å². The summed E-state index contributed by atoms with van der Waals surface area (Å²) in [4.78, 5) is 0. The van der Waals surface area contributed by atoms with Crippen molar-refractivity contribution < 1.29 is 26.4 Å². The molecule has 2 aromatic rings. The predicted octanol–water partition coefficient (Wildman–Crippen LogP) is 3.07. The molecule has 0 saturated carbocycles. The summed E-state index contributed by atoms with van der Waals surface area (Å²) >= 11 is 0. The molecule has 4 heteroatoms. The zero-order valence-electron chi connectivity index (χ0n) is 10.0. The van der Waals surface area contributed by atoms with Gasteiger partial charge in [-0.05, 0) is 0 Å². The molecule has 0 amide bonds. The molecule has 3 nitrogen and oxygen atoms in total. The average molecular weight is 293 g/mol. The first-order chi connectivity index (χ1) is 8.83. The van der Waals surface area contributed by atoms with Gasteiger partial charge in [-0.2, -0.15) is 48.1 Å². The van der Waals surface area contributed by atoms with Gasteiger partial charge in [0.25, 0.3) is 0 Å². The molecule has 2 aromatic carbocycles. The van der Waals surface area contributed by atoms with Gasteiger partial charge in [0.05, 0.1) is 6.07 Å². The first kappa shape index (κ1) is 22.1. The van der Waals surface area contributed by atoms with E-state index < -0.39 is 0 Å². The maximum atomic E-state index is 8.36. The first-order valence-electron chi connectivity index (χ1n) is 4.72. The number of hydrogen-bond donors (Lipinski definition) is 0. The second kappa shape index (κ2) is 18.3. The van der Waals surface area contributed by atoms with Crippen molar-refractivity contribution in [3.63, 3.8) is 0 Å². The van der Waals surface area contributed by atoms with Crippen LogP contribution in [0.5, 0.6) is 0 Å². The molecule has 0 atom stereocenters. The van der Waals surface area contributed by atoms with Gasteiger partial charge < -0.3 is 0 Å². The number of nitrogens with zero attached hydrogens (tertiary/aromatic N) is 1. The average Bonchev–Trinajstić information content (AvgIpc) is 3.03. The standard InChI is InChI=1S/C8H6N.C5H5.2CO.Fe/c1-7-2-4-8(6-9)5-3-7;1-2-4-5-3-1;2*1-2;/h2-5H,1H2;1-5H;;;/q2*-1;;;+2. The van der Waals surface area contributed by atoms with Crippen LogP contribution in [-0.4, -0.2) is 0 Å². The Morgan fingerprint density at radius 2 is 1.42 bits per heavy atom. The van der Waals surface area contributed by atoms with Gasteiger partial charge in [-0.3, -0.25) is 0 Å². The third kappa shape index (κ3) is 13.9. The summed E-state index contributed by atoms with van der Waals surface area (Å²) in [5.74, 6) is 0. The predicted molar refractivity (Wildman–Crippen MR) is 65.5 cm³/mol. The SMILES string of the molecule is [C-]#[O+].[C-]#[O+].[CH2-]c1ccc(C#N)cc1.[Fe+2].c1cc[cH-]c1. The maximum Gasteiger partial charge on any atom is 2.00 e. The molecule has 2 rings (SSSR count). The van der Waals surface area contributed by atoms with Crippen LogP contribution in [0.4, 0.5) is 0 Å². The topological polar surface area (TPSA) is 63.6 Å². The maximum absolute atomic E-state index is 8.36. The zero-order chi connectivity index (χ0) is 14.2. The Bertz CT molecular complexity index is 441. The summed E-state index contributed by atoms with van der Waals surface area (Å²) in [5, 5.41) is 8.36. The molecular weight excluding hydrogens is 282 g/mol. The van der Waals surface area contributed by atoms with Gasteiger partial charge >= 0.3 is 39.7 Å². The second-order valence-electron chi connectivity index (χ2n) is 2.77. The van der Waals surface area contributed by atoms with Crippen LogP contribution in [0, 0.1) is 31.6 Å². The molecule has 0 aliphatic heterocycles. The molecule has 19 heavy (non-hydrogen) atoms. The molecule has 96 valence electrons. The number of benzene rings is 1. The van der Waals surface area contributed by atoms with E-state index in [1.807, 2.05) is 48.5 Å². The van der Waals surface area contributed by atoms with E-state index in [1.165, 1.54) is 0 Å². The van der Waals surface area contributed by atoms with Crippen LogP contribution in [0.2, 0.25) is 0 Å². The fourth-order valence-electron chi connectivity index (χ4n) is 0.900. The van der Waals surface area contributed by atoms with Gasteiger partial charge in [0.15, 0.2) is 0 Å². The van der Waals surface area contributed by atoms with Crippen LogP contribution in [-0.2, 0) is 26.4 Å². The van der Waals surface area contributed by atoms with Crippen molar-refractivity contribution in [1.82, 2.24) is 0 Å². The first-order valence-corrected chi connectivity index (χ1v) is 4.72. The van der Waals surface area contributed by atoms with Gasteiger partial charge in [0.1, 0.15) is 0 Å². The Morgan fingerprint density at radius 1 is 1.00 bits per heavy atom. The van der Waals surface area contributed by atoms with Gasteiger partial charge in [-0.25, -0.2) is 12.1 Å². The molecule has 0 N–H and O–H groups in total. The van der Waals surface area contributed by atoms with E-state index in [2.05, 4.69) is 20.2 Å². The third-order valence-electron chi connectivity index (χ3n) is 1.64. The smallest absolute Gasteiger partial charge is 0.214 e. The van der Waals surface area contributed by atoms with Crippen molar-refractivity contribution in [1.29, 1.82) is 5.26 Å².